The van der Waals surface area contributed by atoms with Crippen LogP contribution in [0.25, 0.3) is 0 Å². The molecule has 0 amide bonds. The van der Waals surface area contributed by atoms with Crippen molar-refractivity contribution in [2.24, 2.45) is 0 Å². The van der Waals surface area contributed by atoms with Gasteiger partial charge < -0.3 is 4.74 Å². The van der Waals surface area contributed by atoms with Crippen molar-refractivity contribution in [3.8, 4) is 5.75 Å². The van der Waals surface area contributed by atoms with Gasteiger partial charge in [0.25, 0.3) is 0 Å². The predicted octanol–water partition coefficient (Wildman–Crippen LogP) is 4.03. The Morgan fingerprint density at radius 2 is 2.10 bits per heavy atom. The standard InChI is InChI=1S/C18H21NO2/c1-13(2)16-11-15(7-9-18(16)21-3)17(20)8-6-14-5-4-10-19-12-14/h4-5,7,9-13H,6,8H2,1-3H3. The number of ether oxygens (including phenoxy) is 1. The molecule has 0 saturated heterocycles. The second-order valence-electron chi connectivity index (χ2n) is 5.40. The molecule has 0 aliphatic carbocycles. The summed E-state index contributed by atoms with van der Waals surface area (Å²) >= 11 is 0. The van der Waals surface area contributed by atoms with Gasteiger partial charge in [-0.25, -0.2) is 0 Å². The van der Waals surface area contributed by atoms with E-state index >= 15 is 0 Å². The highest BCUT2D eigenvalue weighted by Crippen LogP contribution is 2.27. The van der Waals surface area contributed by atoms with Crippen molar-refractivity contribution in [3.63, 3.8) is 0 Å². The largest absolute Gasteiger partial charge is 0.496 e. The molecule has 0 unspecified atom stereocenters. The van der Waals surface area contributed by atoms with E-state index in [-0.39, 0.29) is 5.78 Å². The van der Waals surface area contributed by atoms with Gasteiger partial charge in [-0.15, -0.1) is 0 Å². The molecule has 110 valence electrons. The quantitative estimate of drug-likeness (QED) is 0.751. The van der Waals surface area contributed by atoms with Crippen LogP contribution < -0.4 is 4.74 Å². The van der Waals surface area contributed by atoms with Crippen molar-refractivity contribution in [2.75, 3.05) is 7.11 Å². The van der Waals surface area contributed by atoms with Gasteiger partial charge in [-0.05, 0) is 47.7 Å². The number of pyridine rings is 1. The molecule has 1 heterocycles. The van der Waals surface area contributed by atoms with Crippen LogP contribution in [-0.4, -0.2) is 17.9 Å². The molecule has 0 fully saturated rings. The molecule has 3 heteroatoms. The molecule has 0 radical (unpaired) electrons. The molecule has 2 aromatic rings. The first-order valence-electron chi connectivity index (χ1n) is 7.22. The number of ketones is 1. The maximum absolute atomic E-state index is 12.3. The van der Waals surface area contributed by atoms with Crippen LogP contribution in [0.2, 0.25) is 0 Å². The van der Waals surface area contributed by atoms with Crippen LogP contribution in [0.4, 0.5) is 0 Å². The van der Waals surface area contributed by atoms with E-state index in [1.165, 1.54) is 0 Å². The molecular formula is C18H21NO2. The first-order chi connectivity index (χ1) is 10.1. The monoisotopic (exact) mass is 283 g/mol. The van der Waals surface area contributed by atoms with Gasteiger partial charge in [-0.3, -0.25) is 9.78 Å². The number of nitrogens with zero attached hydrogens (tertiary/aromatic N) is 1. The van der Waals surface area contributed by atoms with Gasteiger partial charge >= 0.3 is 0 Å². The molecule has 0 N–H and O–H groups in total. The highest BCUT2D eigenvalue weighted by atomic mass is 16.5. The van der Waals surface area contributed by atoms with Crippen LogP contribution in [0.15, 0.2) is 42.7 Å². The number of carbonyl (C=O) groups is 1. The van der Waals surface area contributed by atoms with Crippen LogP contribution in [0.5, 0.6) is 5.75 Å². The van der Waals surface area contributed by atoms with Crippen LogP contribution in [-0.2, 0) is 6.42 Å². The minimum Gasteiger partial charge on any atom is -0.496 e. The minimum atomic E-state index is 0.156. The third-order valence-electron chi connectivity index (χ3n) is 3.54. The van der Waals surface area contributed by atoms with E-state index in [0.29, 0.717) is 12.3 Å². The van der Waals surface area contributed by atoms with Gasteiger partial charge in [0, 0.05) is 24.4 Å². The van der Waals surface area contributed by atoms with Gasteiger partial charge in [0.15, 0.2) is 5.78 Å². The van der Waals surface area contributed by atoms with Crippen molar-refractivity contribution in [2.45, 2.75) is 32.6 Å². The number of Topliss-reactive ketones (excluding diaryl/α,β-unsaturated/α-hetero) is 1. The molecule has 2 rings (SSSR count). The number of hydrogen-bond donors (Lipinski definition) is 0. The summed E-state index contributed by atoms with van der Waals surface area (Å²) in [7, 11) is 1.66. The Balaban J connectivity index is 2.10. The maximum atomic E-state index is 12.3. The molecule has 0 atom stereocenters. The average molecular weight is 283 g/mol. The summed E-state index contributed by atoms with van der Waals surface area (Å²) in [5.74, 6) is 1.32. The van der Waals surface area contributed by atoms with E-state index in [1.54, 1.807) is 19.5 Å². The lowest BCUT2D eigenvalue weighted by Crippen LogP contribution is -2.04. The molecule has 1 aromatic carbocycles. The second kappa shape index (κ2) is 7.02. The van der Waals surface area contributed by atoms with E-state index in [1.807, 2.05) is 30.3 Å². The van der Waals surface area contributed by atoms with Crippen LogP contribution in [0.3, 0.4) is 0 Å². The number of benzene rings is 1. The number of aryl methyl sites for hydroxylation is 1. The molecule has 0 saturated carbocycles. The van der Waals surface area contributed by atoms with Gasteiger partial charge in [0.05, 0.1) is 7.11 Å². The van der Waals surface area contributed by atoms with Crippen molar-refractivity contribution in [1.29, 1.82) is 0 Å². The molecule has 0 aliphatic rings. The summed E-state index contributed by atoms with van der Waals surface area (Å²) in [5.41, 5.74) is 2.91. The highest BCUT2D eigenvalue weighted by Gasteiger charge is 2.12. The van der Waals surface area contributed by atoms with Crippen molar-refractivity contribution < 1.29 is 9.53 Å². The minimum absolute atomic E-state index is 0.156. The van der Waals surface area contributed by atoms with Gasteiger partial charge in [0.1, 0.15) is 5.75 Å². The van der Waals surface area contributed by atoms with Crippen LogP contribution >= 0.6 is 0 Å². The molecule has 21 heavy (non-hydrogen) atoms. The van der Waals surface area contributed by atoms with E-state index < -0.39 is 0 Å². The van der Waals surface area contributed by atoms with E-state index in [4.69, 9.17) is 4.74 Å². The highest BCUT2D eigenvalue weighted by molar-refractivity contribution is 5.96. The summed E-state index contributed by atoms with van der Waals surface area (Å²) in [4.78, 5) is 16.4. The molecule has 0 spiro atoms. The summed E-state index contributed by atoms with van der Waals surface area (Å²) < 4.78 is 5.35. The fraction of sp³-hybridized carbons (Fsp3) is 0.333. The van der Waals surface area contributed by atoms with E-state index in [9.17, 15) is 4.79 Å². The lowest BCUT2D eigenvalue weighted by Gasteiger charge is -2.13. The third-order valence-corrected chi connectivity index (χ3v) is 3.54. The number of carbonyl (C=O) groups excluding carboxylic acids is 1. The van der Waals surface area contributed by atoms with E-state index in [0.717, 1.165) is 28.9 Å². The van der Waals surface area contributed by atoms with Crippen molar-refractivity contribution in [3.05, 3.63) is 59.4 Å². The zero-order chi connectivity index (χ0) is 15.2. The predicted molar refractivity (Wildman–Crippen MR) is 84.0 cm³/mol. The first-order valence-corrected chi connectivity index (χ1v) is 7.22. The zero-order valence-electron chi connectivity index (χ0n) is 12.8. The molecule has 0 aliphatic heterocycles. The summed E-state index contributed by atoms with van der Waals surface area (Å²) in [5, 5.41) is 0. The topological polar surface area (TPSA) is 39.2 Å². The second-order valence-corrected chi connectivity index (χ2v) is 5.40. The Morgan fingerprint density at radius 1 is 1.29 bits per heavy atom. The fourth-order valence-corrected chi connectivity index (χ4v) is 2.31. The summed E-state index contributed by atoms with van der Waals surface area (Å²) in [6, 6.07) is 9.57. The number of hydrogen-bond acceptors (Lipinski definition) is 3. The van der Waals surface area contributed by atoms with Gasteiger partial charge in [-0.2, -0.15) is 0 Å². The lowest BCUT2D eigenvalue weighted by atomic mass is 9.96. The molecule has 0 bridgehead atoms. The maximum Gasteiger partial charge on any atom is 0.163 e. The lowest BCUT2D eigenvalue weighted by molar-refractivity contribution is 0.0982. The summed E-state index contributed by atoms with van der Waals surface area (Å²) in [6.07, 6.45) is 4.76. The Morgan fingerprint density at radius 3 is 2.71 bits per heavy atom. The Kier molecular flexibility index (Phi) is 5.09. The molecule has 1 aromatic heterocycles. The number of methoxy groups -OCH3 is 1. The van der Waals surface area contributed by atoms with Crippen molar-refractivity contribution >= 4 is 5.78 Å². The zero-order valence-corrected chi connectivity index (χ0v) is 12.8. The first kappa shape index (κ1) is 15.2. The summed E-state index contributed by atoms with van der Waals surface area (Å²) in [6.45, 7) is 4.20. The average Bonchev–Trinajstić information content (AvgIpc) is 2.52. The Bertz CT molecular complexity index is 606. The van der Waals surface area contributed by atoms with Crippen molar-refractivity contribution in [1.82, 2.24) is 4.98 Å². The Hall–Kier alpha value is -2.16. The van der Waals surface area contributed by atoms with Gasteiger partial charge in [-0.1, -0.05) is 19.9 Å². The number of rotatable bonds is 6. The van der Waals surface area contributed by atoms with E-state index in [2.05, 4.69) is 18.8 Å². The normalized spacial score (nSPS) is 10.7. The molecule has 3 nitrogen and oxygen atoms in total. The molecular weight excluding hydrogens is 262 g/mol. The van der Waals surface area contributed by atoms with Crippen LogP contribution in [0.1, 0.15) is 47.7 Å². The van der Waals surface area contributed by atoms with Gasteiger partial charge in [0.2, 0.25) is 0 Å². The third kappa shape index (κ3) is 3.91. The van der Waals surface area contributed by atoms with Crippen LogP contribution in [0, 0.1) is 0 Å². The SMILES string of the molecule is COc1ccc(C(=O)CCc2cccnc2)cc1C(C)C. The number of aromatic nitrogens is 1. The Labute approximate surface area is 126 Å². The fourth-order valence-electron chi connectivity index (χ4n) is 2.31. The smallest absolute Gasteiger partial charge is 0.163 e.